The molecule has 0 saturated heterocycles. The maximum absolute atomic E-state index is 6.00. The number of rotatable bonds is 5. The third-order valence-electron chi connectivity index (χ3n) is 2.36. The lowest BCUT2D eigenvalue weighted by Gasteiger charge is -2.08. The van der Waals surface area contributed by atoms with Gasteiger partial charge in [-0.15, -0.1) is 0 Å². The van der Waals surface area contributed by atoms with Gasteiger partial charge in [0, 0.05) is 14.2 Å². The van der Waals surface area contributed by atoms with Gasteiger partial charge >= 0.3 is 0 Å². The molecule has 1 N–H and O–H groups in total. The second kappa shape index (κ2) is 6.36. The number of benzene rings is 1. The molecular formula is C13H14ClN3O2. The van der Waals surface area contributed by atoms with E-state index in [2.05, 4.69) is 15.3 Å². The molecule has 0 aliphatic heterocycles. The van der Waals surface area contributed by atoms with Crippen LogP contribution in [0.1, 0.15) is 5.56 Å². The zero-order chi connectivity index (χ0) is 13.7. The van der Waals surface area contributed by atoms with E-state index in [9.17, 15) is 0 Å². The van der Waals surface area contributed by atoms with Crippen LogP contribution in [-0.4, -0.2) is 24.1 Å². The highest BCUT2D eigenvalue weighted by atomic mass is 35.5. The maximum atomic E-state index is 6.00. The van der Waals surface area contributed by atoms with Gasteiger partial charge in [0.1, 0.15) is 10.8 Å². The number of methoxy groups -OCH3 is 1. The standard InChI is InChI=1S/C13H14ClN3O2/c1-15-13-16-7-11(14)12(17-13)19-10-5-3-4-9(6-10)8-18-2/h3-7H,8H2,1-2H3,(H,15,16,17). The molecule has 1 aromatic carbocycles. The highest BCUT2D eigenvalue weighted by Gasteiger charge is 2.07. The molecule has 0 aliphatic rings. The lowest BCUT2D eigenvalue weighted by Crippen LogP contribution is -1.98. The van der Waals surface area contributed by atoms with Crippen molar-refractivity contribution in [3.05, 3.63) is 41.0 Å². The van der Waals surface area contributed by atoms with Crippen molar-refractivity contribution in [3.63, 3.8) is 0 Å². The minimum Gasteiger partial charge on any atom is -0.437 e. The van der Waals surface area contributed by atoms with Crippen LogP contribution in [0.5, 0.6) is 11.6 Å². The number of ether oxygens (including phenoxy) is 2. The first-order valence-corrected chi connectivity index (χ1v) is 6.06. The van der Waals surface area contributed by atoms with Crippen molar-refractivity contribution in [2.45, 2.75) is 6.61 Å². The molecule has 6 heteroatoms. The third-order valence-corrected chi connectivity index (χ3v) is 2.62. The van der Waals surface area contributed by atoms with Crippen molar-refractivity contribution in [3.8, 4) is 11.6 Å². The SMILES string of the molecule is CNc1ncc(Cl)c(Oc2cccc(COC)c2)n1. The maximum Gasteiger partial charge on any atom is 0.243 e. The van der Waals surface area contributed by atoms with E-state index in [0.29, 0.717) is 29.2 Å². The summed E-state index contributed by atoms with van der Waals surface area (Å²) in [5.41, 5.74) is 1.01. The van der Waals surface area contributed by atoms with Crippen LogP contribution in [0, 0.1) is 0 Å². The summed E-state index contributed by atoms with van der Waals surface area (Å²) in [4.78, 5) is 8.15. The molecule has 100 valence electrons. The molecule has 1 heterocycles. The first-order valence-electron chi connectivity index (χ1n) is 5.69. The monoisotopic (exact) mass is 279 g/mol. The number of hydrogen-bond acceptors (Lipinski definition) is 5. The van der Waals surface area contributed by atoms with E-state index < -0.39 is 0 Å². The van der Waals surface area contributed by atoms with Crippen LogP contribution >= 0.6 is 11.6 Å². The Morgan fingerprint density at radius 1 is 1.37 bits per heavy atom. The molecule has 0 spiro atoms. The zero-order valence-electron chi connectivity index (χ0n) is 10.7. The van der Waals surface area contributed by atoms with Crippen molar-refractivity contribution < 1.29 is 9.47 Å². The molecule has 2 rings (SSSR count). The van der Waals surface area contributed by atoms with Crippen molar-refractivity contribution in [1.82, 2.24) is 9.97 Å². The van der Waals surface area contributed by atoms with Gasteiger partial charge in [-0.3, -0.25) is 0 Å². The van der Waals surface area contributed by atoms with Gasteiger partial charge in [-0.05, 0) is 17.7 Å². The average molecular weight is 280 g/mol. The summed E-state index contributed by atoms with van der Waals surface area (Å²) in [6.07, 6.45) is 1.49. The largest absolute Gasteiger partial charge is 0.437 e. The number of aromatic nitrogens is 2. The number of anilines is 1. The number of nitrogens with one attached hydrogen (secondary N) is 1. The average Bonchev–Trinajstić information content (AvgIpc) is 2.42. The molecular weight excluding hydrogens is 266 g/mol. The highest BCUT2D eigenvalue weighted by molar-refractivity contribution is 6.31. The predicted molar refractivity (Wildman–Crippen MR) is 73.8 cm³/mol. The summed E-state index contributed by atoms with van der Waals surface area (Å²) in [6.45, 7) is 0.524. The molecule has 1 aromatic heterocycles. The van der Waals surface area contributed by atoms with Gasteiger partial charge in [-0.25, -0.2) is 4.98 Å². The second-order valence-electron chi connectivity index (χ2n) is 3.78. The van der Waals surface area contributed by atoms with E-state index in [4.69, 9.17) is 21.1 Å². The normalized spacial score (nSPS) is 10.3. The predicted octanol–water partition coefficient (Wildman–Crippen LogP) is 3.11. The van der Waals surface area contributed by atoms with Crippen LogP contribution in [-0.2, 0) is 11.3 Å². The van der Waals surface area contributed by atoms with Crippen LogP contribution in [0.2, 0.25) is 5.02 Å². The summed E-state index contributed by atoms with van der Waals surface area (Å²) < 4.78 is 10.7. The molecule has 0 saturated carbocycles. The lowest BCUT2D eigenvalue weighted by atomic mass is 10.2. The van der Waals surface area contributed by atoms with E-state index in [0.717, 1.165) is 5.56 Å². The molecule has 0 radical (unpaired) electrons. The minimum atomic E-state index is 0.315. The summed E-state index contributed by atoms with van der Waals surface area (Å²) in [6, 6.07) is 7.55. The summed E-state index contributed by atoms with van der Waals surface area (Å²) >= 11 is 6.00. The van der Waals surface area contributed by atoms with Crippen molar-refractivity contribution >= 4 is 17.5 Å². The van der Waals surface area contributed by atoms with Gasteiger partial charge in [-0.2, -0.15) is 4.98 Å². The first kappa shape index (κ1) is 13.6. The lowest BCUT2D eigenvalue weighted by molar-refractivity contribution is 0.184. The first-order chi connectivity index (χ1) is 9.22. The van der Waals surface area contributed by atoms with E-state index in [1.165, 1.54) is 6.20 Å². The fraction of sp³-hybridized carbons (Fsp3) is 0.231. The molecule has 0 atom stereocenters. The van der Waals surface area contributed by atoms with Gasteiger partial charge in [0.15, 0.2) is 0 Å². The number of hydrogen-bond donors (Lipinski definition) is 1. The number of nitrogens with zero attached hydrogens (tertiary/aromatic N) is 2. The molecule has 19 heavy (non-hydrogen) atoms. The summed E-state index contributed by atoms with van der Waals surface area (Å²) in [7, 11) is 3.38. The Kier molecular flexibility index (Phi) is 4.54. The smallest absolute Gasteiger partial charge is 0.243 e. The third kappa shape index (κ3) is 3.56. The van der Waals surface area contributed by atoms with Crippen LogP contribution in [0.3, 0.4) is 0 Å². The summed E-state index contributed by atoms with van der Waals surface area (Å²) in [5, 5.41) is 3.19. The minimum absolute atomic E-state index is 0.315. The fourth-order valence-electron chi connectivity index (χ4n) is 1.52. The quantitative estimate of drug-likeness (QED) is 0.911. The molecule has 0 bridgehead atoms. The Balaban J connectivity index is 2.22. The second-order valence-corrected chi connectivity index (χ2v) is 4.19. The topological polar surface area (TPSA) is 56.3 Å². The Hall–Kier alpha value is -1.85. The van der Waals surface area contributed by atoms with E-state index in [-0.39, 0.29) is 0 Å². The number of halogens is 1. The van der Waals surface area contributed by atoms with Crippen molar-refractivity contribution in [2.24, 2.45) is 0 Å². The molecule has 0 unspecified atom stereocenters. The van der Waals surface area contributed by atoms with E-state index in [1.807, 2.05) is 24.3 Å². The molecule has 0 amide bonds. The Morgan fingerprint density at radius 3 is 2.95 bits per heavy atom. The van der Waals surface area contributed by atoms with Crippen LogP contribution in [0.25, 0.3) is 0 Å². The fourth-order valence-corrected chi connectivity index (χ4v) is 1.65. The van der Waals surface area contributed by atoms with Gasteiger partial charge in [0.25, 0.3) is 0 Å². The van der Waals surface area contributed by atoms with Crippen LogP contribution in [0.4, 0.5) is 5.95 Å². The van der Waals surface area contributed by atoms with Gasteiger partial charge < -0.3 is 14.8 Å². The van der Waals surface area contributed by atoms with Crippen LogP contribution in [0.15, 0.2) is 30.5 Å². The molecule has 2 aromatic rings. The van der Waals surface area contributed by atoms with Gasteiger partial charge in [0.2, 0.25) is 11.8 Å². The Morgan fingerprint density at radius 2 is 2.21 bits per heavy atom. The van der Waals surface area contributed by atoms with Gasteiger partial charge in [0.05, 0.1) is 12.8 Å². The molecule has 0 fully saturated rings. The zero-order valence-corrected chi connectivity index (χ0v) is 11.4. The van der Waals surface area contributed by atoms with Crippen molar-refractivity contribution in [2.75, 3.05) is 19.5 Å². The Bertz CT molecular complexity index is 563. The summed E-state index contributed by atoms with van der Waals surface area (Å²) in [5.74, 6) is 1.42. The Labute approximate surface area is 116 Å². The van der Waals surface area contributed by atoms with Gasteiger partial charge in [-0.1, -0.05) is 23.7 Å². The molecule has 0 aliphatic carbocycles. The van der Waals surface area contributed by atoms with Crippen molar-refractivity contribution in [1.29, 1.82) is 0 Å². The molecule has 5 nitrogen and oxygen atoms in total. The van der Waals surface area contributed by atoms with E-state index >= 15 is 0 Å². The highest BCUT2D eigenvalue weighted by Crippen LogP contribution is 2.27. The van der Waals surface area contributed by atoms with Crippen LogP contribution < -0.4 is 10.1 Å². The van der Waals surface area contributed by atoms with E-state index in [1.54, 1.807) is 14.2 Å².